The summed E-state index contributed by atoms with van der Waals surface area (Å²) < 4.78 is 6.94. The van der Waals surface area contributed by atoms with Crippen LogP contribution in [0.5, 0.6) is 0 Å². The Bertz CT molecular complexity index is 1370. The number of aryl methyl sites for hydroxylation is 2. The molecule has 1 amide bonds. The molecule has 164 valence electrons. The van der Waals surface area contributed by atoms with Gasteiger partial charge in [-0.3, -0.25) is 19.5 Å². The SMILES string of the molecule is Cc1ccc(-c2csc3ncn(CC(=O)Nc4nnc(C5CCCO5)s4)c(=O)c23)cc1C. The van der Waals surface area contributed by atoms with Crippen molar-refractivity contribution in [1.82, 2.24) is 19.7 Å². The van der Waals surface area contributed by atoms with Gasteiger partial charge in [0, 0.05) is 17.6 Å². The van der Waals surface area contributed by atoms with Crippen molar-refractivity contribution >= 4 is 43.9 Å². The molecule has 0 saturated carbocycles. The number of carbonyl (C=O) groups excluding carboxylic acids is 1. The number of amides is 1. The van der Waals surface area contributed by atoms with Gasteiger partial charge in [-0.05, 0) is 43.4 Å². The number of hydrogen-bond donors (Lipinski definition) is 1. The fourth-order valence-corrected chi connectivity index (χ4v) is 5.45. The number of nitrogens with one attached hydrogen (secondary N) is 1. The molecule has 4 heterocycles. The van der Waals surface area contributed by atoms with Crippen molar-refractivity contribution in [1.29, 1.82) is 0 Å². The van der Waals surface area contributed by atoms with Crippen molar-refractivity contribution in [2.24, 2.45) is 0 Å². The summed E-state index contributed by atoms with van der Waals surface area (Å²) in [6.45, 7) is 4.67. The molecule has 1 N–H and O–H groups in total. The third-order valence-corrected chi connectivity index (χ3v) is 7.40. The highest BCUT2D eigenvalue weighted by Gasteiger charge is 2.22. The predicted molar refractivity (Wildman–Crippen MR) is 125 cm³/mol. The molecule has 1 atom stereocenters. The fourth-order valence-electron chi connectivity index (χ4n) is 3.70. The van der Waals surface area contributed by atoms with E-state index in [1.807, 2.05) is 24.4 Å². The molecule has 1 unspecified atom stereocenters. The van der Waals surface area contributed by atoms with Crippen molar-refractivity contribution in [3.63, 3.8) is 0 Å². The van der Waals surface area contributed by atoms with Crippen LogP contribution in [-0.4, -0.2) is 32.3 Å². The molecule has 0 bridgehead atoms. The van der Waals surface area contributed by atoms with Crippen LogP contribution in [0.4, 0.5) is 5.13 Å². The first-order valence-corrected chi connectivity index (χ1v) is 12.0. The maximum absolute atomic E-state index is 13.2. The third kappa shape index (κ3) is 3.96. The normalized spacial score (nSPS) is 16.0. The minimum Gasteiger partial charge on any atom is -0.371 e. The second kappa shape index (κ2) is 8.53. The Morgan fingerprint density at radius 1 is 1.28 bits per heavy atom. The molecule has 3 aromatic heterocycles. The van der Waals surface area contributed by atoms with E-state index in [4.69, 9.17) is 4.74 Å². The number of ether oxygens (including phenoxy) is 1. The highest BCUT2D eigenvalue weighted by molar-refractivity contribution is 7.17. The van der Waals surface area contributed by atoms with Crippen LogP contribution in [0, 0.1) is 13.8 Å². The zero-order valence-corrected chi connectivity index (χ0v) is 19.3. The topological polar surface area (TPSA) is 99.0 Å². The maximum atomic E-state index is 13.2. The van der Waals surface area contributed by atoms with Crippen LogP contribution in [0.25, 0.3) is 21.3 Å². The molecule has 0 aliphatic carbocycles. The van der Waals surface area contributed by atoms with Crippen molar-refractivity contribution in [3.05, 3.63) is 56.4 Å². The van der Waals surface area contributed by atoms with E-state index in [0.717, 1.165) is 41.1 Å². The number of hydrogen-bond acceptors (Lipinski definition) is 8. The highest BCUT2D eigenvalue weighted by Crippen LogP contribution is 2.33. The van der Waals surface area contributed by atoms with Crippen molar-refractivity contribution in [3.8, 4) is 11.1 Å². The highest BCUT2D eigenvalue weighted by atomic mass is 32.1. The largest absolute Gasteiger partial charge is 0.371 e. The number of carbonyl (C=O) groups is 1. The van der Waals surface area contributed by atoms with Gasteiger partial charge in [-0.15, -0.1) is 21.5 Å². The number of benzene rings is 1. The molecule has 10 heteroatoms. The van der Waals surface area contributed by atoms with Gasteiger partial charge in [-0.1, -0.05) is 29.5 Å². The lowest BCUT2D eigenvalue weighted by Gasteiger charge is -2.07. The standard InChI is InChI=1S/C22H21N5O3S2/c1-12-5-6-14(8-13(12)2)15-10-31-20-18(15)21(29)27(11-23-20)9-17(28)24-22-26-25-19(32-22)16-4-3-7-30-16/h5-6,8,10-11,16H,3-4,7,9H2,1-2H3,(H,24,26,28). The molecule has 8 nitrogen and oxygen atoms in total. The molecule has 0 radical (unpaired) electrons. The number of thiophene rings is 1. The molecule has 32 heavy (non-hydrogen) atoms. The average molecular weight is 468 g/mol. The van der Waals surface area contributed by atoms with E-state index in [-0.39, 0.29) is 24.1 Å². The summed E-state index contributed by atoms with van der Waals surface area (Å²) in [7, 11) is 0. The molecular formula is C22H21N5O3S2. The van der Waals surface area contributed by atoms with Gasteiger partial charge in [0.05, 0.1) is 11.7 Å². The molecule has 4 aromatic rings. The van der Waals surface area contributed by atoms with Gasteiger partial charge in [0.1, 0.15) is 22.5 Å². The molecule has 1 aliphatic rings. The van der Waals surface area contributed by atoms with Crippen LogP contribution in [-0.2, 0) is 16.1 Å². The summed E-state index contributed by atoms with van der Waals surface area (Å²) in [5.74, 6) is -0.355. The Labute approximate surface area is 191 Å². The summed E-state index contributed by atoms with van der Waals surface area (Å²) in [4.78, 5) is 30.9. The lowest BCUT2D eigenvalue weighted by molar-refractivity contribution is -0.116. The molecule has 5 rings (SSSR count). The summed E-state index contributed by atoms with van der Waals surface area (Å²) in [5, 5.41) is 14.5. The van der Waals surface area contributed by atoms with E-state index in [9.17, 15) is 9.59 Å². The number of aromatic nitrogens is 4. The maximum Gasteiger partial charge on any atom is 0.263 e. The number of nitrogens with zero attached hydrogens (tertiary/aromatic N) is 4. The van der Waals surface area contributed by atoms with Crippen LogP contribution in [0.1, 0.15) is 35.1 Å². The number of rotatable bonds is 5. The molecule has 1 fully saturated rings. The first-order valence-electron chi connectivity index (χ1n) is 10.3. The quantitative estimate of drug-likeness (QED) is 0.475. The van der Waals surface area contributed by atoms with Crippen LogP contribution >= 0.6 is 22.7 Å². The van der Waals surface area contributed by atoms with E-state index in [2.05, 4.69) is 33.5 Å². The Kier molecular flexibility index (Phi) is 5.58. The molecule has 1 aromatic carbocycles. The van der Waals surface area contributed by atoms with E-state index in [1.165, 1.54) is 39.1 Å². The minimum atomic E-state index is -0.355. The van der Waals surface area contributed by atoms with Gasteiger partial charge < -0.3 is 4.74 Å². The van der Waals surface area contributed by atoms with Gasteiger partial charge >= 0.3 is 0 Å². The number of anilines is 1. The summed E-state index contributed by atoms with van der Waals surface area (Å²) in [6, 6.07) is 6.12. The lowest BCUT2D eigenvalue weighted by Crippen LogP contribution is -2.27. The first-order chi connectivity index (χ1) is 15.5. The number of fused-ring (bicyclic) bond motifs is 1. The van der Waals surface area contributed by atoms with Gasteiger partial charge in [0.15, 0.2) is 0 Å². The monoisotopic (exact) mass is 467 g/mol. The Balaban J connectivity index is 1.38. The van der Waals surface area contributed by atoms with Gasteiger partial charge in [-0.2, -0.15) is 0 Å². The van der Waals surface area contributed by atoms with E-state index >= 15 is 0 Å². The second-order valence-electron chi connectivity index (χ2n) is 7.80. The molecular weight excluding hydrogens is 446 g/mol. The van der Waals surface area contributed by atoms with Gasteiger partial charge in [0.2, 0.25) is 11.0 Å². The summed E-state index contributed by atoms with van der Waals surface area (Å²) in [5.41, 5.74) is 3.92. The molecule has 1 aliphatic heterocycles. The molecule has 1 saturated heterocycles. The van der Waals surface area contributed by atoms with E-state index in [0.29, 0.717) is 15.3 Å². The van der Waals surface area contributed by atoms with Gasteiger partial charge in [-0.25, -0.2) is 4.98 Å². The van der Waals surface area contributed by atoms with Crippen molar-refractivity contribution in [2.45, 2.75) is 39.3 Å². The summed E-state index contributed by atoms with van der Waals surface area (Å²) >= 11 is 2.72. The smallest absolute Gasteiger partial charge is 0.263 e. The van der Waals surface area contributed by atoms with Crippen LogP contribution in [0.2, 0.25) is 0 Å². The Morgan fingerprint density at radius 3 is 2.94 bits per heavy atom. The zero-order valence-electron chi connectivity index (χ0n) is 17.6. The molecule has 0 spiro atoms. The zero-order chi connectivity index (χ0) is 22.2. The van der Waals surface area contributed by atoms with Crippen LogP contribution in [0.15, 0.2) is 34.7 Å². The van der Waals surface area contributed by atoms with Crippen molar-refractivity contribution < 1.29 is 9.53 Å². The van der Waals surface area contributed by atoms with E-state index < -0.39 is 0 Å². The Hall–Kier alpha value is -2.95. The second-order valence-corrected chi connectivity index (χ2v) is 9.67. The van der Waals surface area contributed by atoms with Crippen LogP contribution < -0.4 is 10.9 Å². The van der Waals surface area contributed by atoms with Crippen molar-refractivity contribution in [2.75, 3.05) is 11.9 Å². The average Bonchev–Trinajstić information content (AvgIpc) is 3.52. The van der Waals surface area contributed by atoms with Crippen LogP contribution in [0.3, 0.4) is 0 Å². The van der Waals surface area contributed by atoms with Gasteiger partial charge in [0.25, 0.3) is 5.56 Å². The lowest BCUT2D eigenvalue weighted by atomic mass is 10.0. The summed E-state index contributed by atoms with van der Waals surface area (Å²) in [6.07, 6.45) is 3.28. The fraction of sp³-hybridized carbons (Fsp3) is 0.318. The minimum absolute atomic E-state index is 0.0465. The Morgan fingerprint density at radius 2 is 2.16 bits per heavy atom. The third-order valence-electron chi connectivity index (χ3n) is 5.58. The van der Waals surface area contributed by atoms with E-state index in [1.54, 1.807) is 0 Å². The predicted octanol–water partition coefficient (Wildman–Crippen LogP) is 4.08. The first kappa shape index (κ1) is 20.9.